The number of carboxylic acid groups (broad SMARTS) is 1. The van der Waals surface area contributed by atoms with E-state index in [4.69, 9.17) is 0 Å². The number of hydrogen-bond acceptors (Lipinski definition) is 5. The summed E-state index contributed by atoms with van der Waals surface area (Å²) in [6.07, 6.45) is 1.06. The van der Waals surface area contributed by atoms with Crippen LogP contribution in [-0.2, 0) is 14.6 Å². The number of carbonyl (C=O) groups is 2. The monoisotopic (exact) mass is 329 g/mol. The first-order valence-electron chi connectivity index (χ1n) is 6.19. The van der Waals surface area contributed by atoms with Crippen LogP contribution in [0.5, 0.6) is 0 Å². The molecule has 1 N–H and O–H groups in total. The van der Waals surface area contributed by atoms with E-state index in [0.29, 0.717) is 5.75 Å². The number of nitrogens with zero attached hydrogens (tertiary/aromatic N) is 1. The smallest absolute Gasteiger partial charge is 0.327 e. The molecule has 0 saturated carbocycles. The normalized spacial score (nSPS) is 22.3. The molecule has 6 nitrogen and oxygen atoms in total. The van der Waals surface area contributed by atoms with Gasteiger partial charge < -0.3 is 10.0 Å². The minimum Gasteiger partial charge on any atom is -0.480 e. The molecular formula is C13H15NO5S2. The topological polar surface area (TPSA) is 91.8 Å². The van der Waals surface area contributed by atoms with Crippen LogP contribution in [0.2, 0.25) is 0 Å². The van der Waals surface area contributed by atoms with Crippen LogP contribution in [0.25, 0.3) is 0 Å². The number of carbonyl (C=O) groups excluding carboxylic acids is 1. The number of sulfone groups is 1. The maximum atomic E-state index is 12.5. The number of thioether (sulfide) groups is 1. The van der Waals surface area contributed by atoms with Gasteiger partial charge in [-0.1, -0.05) is 6.07 Å². The number of aliphatic carboxylic acids is 1. The van der Waals surface area contributed by atoms with Gasteiger partial charge >= 0.3 is 5.97 Å². The Labute approximate surface area is 127 Å². The summed E-state index contributed by atoms with van der Waals surface area (Å²) >= 11 is 1.38. The third-order valence-corrected chi connectivity index (χ3v) is 5.58. The largest absolute Gasteiger partial charge is 0.480 e. The molecule has 1 saturated heterocycles. The Morgan fingerprint density at radius 3 is 2.62 bits per heavy atom. The summed E-state index contributed by atoms with van der Waals surface area (Å²) in [7, 11) is -3.42. The Morgan fingerprint density at radius 1 is 1.38 bits per heavy atom. The van der Waals surface area contributed by atoms with Gasteiger partial charge in [-0.25, -0.2) is 13.2 Å². The number of amides is 1. The highest BCUT2D eigenvalue weighted by molar-refractivity contribution is 8.00. The van der Waals surface area contributed by atoms with E-state index in [1.807, 2.05) is 0 Å². The molecule has 0 radical (unpaired) electrons. The summed E-state index contributed by atoms with van der Waals surface area (Å²) in [6, 6.07) is 4.77. The zero-order chi connectivity index (χ0) is 15.8. The second kappa shape index (κ2) is 5.69. The summed E-state index contributed by atoms with van der Waals surface area (Å²) in [6.45, 7) is 1.76. The summed E-state index contributed by atoms with van der Waals surface area (Å²) in [5, 5.41) is 8.91. The van der Waals surface area contributed by atoms with Crippen molar-refractivity contribution >= 4 is 33.5 Å². The van der Waals surface area contributed by atoms with Gasteiger partial charge in [0.1, 0.15) is 6.04 Å². The van der Waals surface area contributed by atoms with E-state index in [1.165, 1.54) is 40.9 Å². The first kappa shape index (κ1) is 15.8. The van der Waals surface area contributed by atoms with Crippen LogP contribution < -0.4 is 0 Å². The molecule has 1 heterocycles. The van der Waals surface area contributed by atoms with Crippen molar-refractivity contribution in [3.8, 4) is 0 Å². The van der Waals surface area contributed by atoms with E-state index < -0.39 is 27.8 Å². The van der Waals surface area contributed by atoms with Gasteiger partial charge in [0, 0.05) is 17.6 Å². The molecule has 0 aromatic heterocycles. The van der Waals surface area contributed by atoms with Crippen LogP contribution in [0.3, 0.4) is 0 Å². The fourth-order valence-corrected chi connectivity index (χ4v) is 3.98. The summed E-state index contributed by atoms with van der Waals surface area (Å²) in [4.78, 5) is 25.0. The highest BCUT2D eigenvalue weighted by Gasteiger charge is 2.39. The molecule has 0 aliphatic carbocycles. The third-order valence-electron chi connectivity index (χ3n) is 3.25. The van der Waals surface area contributed by atoms with E-state index in [-0.39, 0.29) is 15.8 Å². The summed E-state index contributed by atoms with van der Waals surface area (Å²) < 4.78 is 23.1. The average molecular weight is 329 g/mol. The van der Waals surface area contributed by atoms with Crippen LogP contribution >= 0.6 is 11.8 Å². The van der Waals surface area contributed by atoms with Crippen LogP contribution in [0, 0.1) is 0 Å². The Kier molecular flexibility index (Phi) is 4.29. The minimum absolute atomic E-state index is 0.0414. The maximum absolute atomic E-state index is 12.5. The van der Waals surface area contributed by atoms with E-state index in [0.717, 1.165) is 6.26 Å². The number of benzene rings is 1. The molecule has 0 bridgehead atoms. The van der Waals surface area contributed by atoms with Gasteiger partial charge in [0.25, 0.3) is 5.91 Å². The predicted octanol–water partition coefficient (Wildman–Crippen LogP) is 1.08. The summed E-state index contributed by atoms with van der Waals surface area (Å²) in [5.41, 5.74) is 0.179. The van der Waals surface area contributed by atoms with Gasteiger partial charge in [-0.3, -0.25) is 4.79 Å². The molecule has 8 heteroatoms. The molecule has 1 fully saturated rings. The molecular weight excluding hydrogens is 314 g/mol. The molecule has 0 spiro atoms. The van der Waals surface area contributed by atoms with Crippen LogP contribution in [0.15, 0.2) is 29.2 Å². The van der Waals surface area contributed by atoms with Gasteiger partial charge in [0.15, 0.2) is 9.84 Å². The molecule has 1 aromatic rings. The lowest BCUT2D eigenvalue weighted by atomic mass is 10.1. The van der Waals surface area contributed by atoms with Gasteiger partial charge in [0.05, 0.1) is 10.3 Å². The SMILES string of the molecule is CC1SCC(C(=O)O)N1C(=O)c1cccc(S(C)(=O)=O)c1. The van der Waals surface area contributed by atoms with Crippen molar-refractivity contribution in [2.75, 3.05) is 12.0 Å². The Bertz CT molecular complexity index is 686. The van der Waals surface area contributed by atoms with Crippen molar-refractivity contribution in [1.82, 2.24) is 4.90 Å². The van der Waals surface area contributed by atoms with Crippen molar-refractivity contribution < 1.29 is 23.1 Å². The Balaban J connectivity index is 2.38. The van der Waals surface area contributed by atoms with Crippen LogP contribution in [0.1, 0.15) is 17.3 Å². The van der Waals surface area contributed by atoms with Crippen molar-refractivity contribution in [3.63, 3.8) is 0 Å². The molecule has 2 rings (SSSR count). The number of carboxylic acids is 1. The standard InChI is InChI=1S/C13H15NO5S2/c1-8-14(11(7-20-8)13(16)17)12(15)9-4-3-5-10(6-9)21(2,18)19/h3-6,8,11H,7H2,1-2H3,(H,16,17). The lowest BCUT2D eigenvalue weighted by molar-refractivity contribution is -0.141. The molecule has 21 heavy (non-hydrogen) atoms. The quantitative estimate of drug-likeness (QED) is 0.892. The van der Waals surface area contributed by atoms with Crippen LogP contribution in [0.4, 0.5) is 0 Å². The second-order valence-corrected chi connectivity index (χ2v) is 8.16. The molecule has 1 aliphatic rings. The van der Waals surface area contributed by atoms with Gasteiger partial charge in [0.2, 0.25) is 0 Å². The molecule has 114 valence electrons. The van der Waals surface area contributed by atoms with E-state index >= 15 is 0 Å². The second-order valence-electron chi connectivity index (χ2n) is 4.80. The van der Waals surface area contributed by atoms with Crippen molar-refractivity contribution in [1.29, 1.82) is 0 Å². The average Bonchev–Trinajstić information content (AvgIpc) is 2.79. The maximum Gasteiger partial charge on any atom is 0.327 e. The number of hydrogen-bond donors (Lipinski definition) is 1. The summed E-state index contributed by atoms with van der Waals surface area (Å²) in [5.74, 6) is -1.20. The lowest BCUT2D eigenvalue weighted by Crippen LogP contribution is -2.44. The number of rotatable bonds is 3. The predicted molar refractivity (Wildman–Crippen MR) is 79.1 cm³/mol. The third kappa shape index (κ3) is 3.21. The minimum atomic E-state index is -3.42. The van der Waals surface area contributed by atoms with E-state index in [2.05, 4.69) is 0 Å². The van der Waals surface area contributed by atoms with Gasteiger partial charge in [-0.2, -0.15) is 0 Å². The fraction of sp³-hybridized carbons (Fsp3) is 0.385. The zero-order valence-electron chi connectivity index (χ0n) is 11.5. The van der Waals surface area contributed by atoms with Crippen molar-refractivity contribution in [2.24, 2.45) is 0 Å². The molecule has 1 aliphatic heterocycles. The van der Waals surface area contributed by atoms with Gasteiger partial charge in [-0.15, -0.1) is 11.8 Å². The van der Waals surface area contributed by atoms with Gasteiger partial charge in [-0.05, 0) is 25.1 Å². The molecule has 1 aromatic carbocycles. The molecule has 2 unspecified atom stereocenters. The zero-order valence-corrected chi connectivity index (χ0v) is 13.1. The first-order chi connectivity index (χ1) is 9.71. The first-order valence-corrected chi connectivity index (χ1v) is 9.13. The van der Waals surface area contributed by atoms with E-state index in [1.54, 1.807) is 6.92 Å². The fourth-order valence-electron chi connectivity index (χ4n) is 2.15. The van der Waals surface area contributed by atoms with Crippen molar-refractivity contribution in [3.05, 3.63) is 29.8 Å². The lowest BCUT2D eigenvalue weighted by Gasteiger charge is -2.25. The van der Waals surface area contributed by atoms with Crippen molar-refractivity contribution in [2.45, 2.75) is 23.2 Å². The Hall–Kier alpha value is -1.54. The molecule has 2 atom stereocenters. The van der Waals surface area contributed by atoms with Crippen LogP contribution in [-0.4, -0.2) is 53.7 Å². The Morgan fingerprint density at radius 2 is 2.05 bits per heavy atom. The highest BCUT2D eigenvalue weighted by Crippen LogP contribution is 2.30. The van der Waals surface area contributed by atoms with E-state index in [9.17, 15) is 23.1 Å². The highest BCUT2D eigenvalue weighted by atomic mass is 32.2. The molecule has 1 amide bonds.